The van der Waals surface area contributed by atoms with Crippen molar-refractivity contribution >= 4 is 0 Å². The van der Waals surface area contributed by atoms with E-state index in [1.54, 1.807) is 0 Å². The van der Waals surface area contributed by atoms with Gasteiger partial charge in [0.2, 0.25) is 0 Å². The molecule has 4 heteroatoms. The largest absolute Gasteiger partial charge is 0.324 e. The van der Waals surface area contributed by atoms with Crippen LogP contribution in [-0.4, -0.2) is 14.8 Å². The van der Waals surface area contributed by atoms with Crippen LogP contribution in [0.5, 0.6) is 0 Å². The molecule has 1 aliphatic carbocycles. The van der Waals surface area contributed by atoms with Gasteiger partial charge in [-0.2, -0.15) is 0 Å². The highest BCUT2D eigenvalue weighted by atomic mass is 15.3. The maximum absolute atomic E-state index is 5.78. The summed E-state index contributed by atoms with van der Waals surface area (Å²) in [7, 11) is 0. The highest BCUT2D eigenvalue weighted by molar-refractivity contribution is 5.09. The number of nitrogens with zero attached hydrogens (tertiary/aromatic N) is 3. The van der Waals surface area contributed by atoms with Crippen LogP contribution < -0.4 is 5.73 Å². The van der Waals surface area contributed by atoms with Crippen LogP contribution in [-0.2, 0) is 6.54 Å². The molecular weight excluding hydrogens is 224 g/mol. The first-order chi connectivity index (χ1) is 8.47. The minimum Gasteiger partial charge on any atom is -0.324 e. The molecule has 1 aromatic heterocycles. The van der Waals surface area contributed by atoms with Crippen molar-refractivity contribution in [1.29, 1.82) is 0 Å². The Bertz CT molecular complexity index is 406. The Morgan fingerprint density at radius 3 is 2.61 bits per heavy atom. The van der Waals surface area contributed by atoms with Gasteiger partial charge in [0.15, 0.2) is 0 Å². The van der Waals surface area contributed by atoms with Gasteiger partial charge in [-0.1, -0.05) is 26.7 Å². The molecule has 1 unspecified atom stereocenters. The van der Waals surface area contributed by atoms with Crippen molar-refractivity contribution in [3.8, 4) is 0 Å². The minimum atomic E-state index is 0.323. The predicted octanol–water partition coefficient (Wildman–Crippen LogP) is 3.00. The quantitative estimate of drug-likeness (QED) is 0.897. The first-order valence-corrected chi connectivity index (χ1v) is 7.11. The molecule has 4 nitrogen and oxygen atoms in total. The molecule has 0 saturated heterocycles. The van der Waals surface area contributed by atoms with Gasteiger partial charge in [0, 0.05) is 12.0 Å². The molecule has 18 heavy (non-hydrogen) atoms. The molecule has 2 rings (SSSR count). The van der Waals surface area contributed by atoms with Gasteiger partial charge in [-0.3, -0.25) is 0 Å². The van der Waals surface area contributed by atoms with Crippen LogP contribution in [0.15, 0.2) is 0 Å². The third-order valence-corrected chi connectivity index (χ3v) is 4.31. The molecule has 0 aliphatic heterocycles. The molecule has 1 heterocycles. The fourth-order valence-corrected chi connectivity index (χ4v) is 3.25. The summed E-state index contributed by atoms with van der Waals surface area (Å²) in [6.07, 6.45) is 5.14. The summed E-state index contributed by atoms with van der Waals surface area (Å²) in [6.45, 7) is 9.55. The van der Waals surface area contributed by atoms with E-state index in [2.05, 4.69) is 42.5 Å². The maximum Gasteiger partial charge on any atom is 0.147 e. The van der Waals surface area contributed by atoms with Gasteiger partial charge in [0.05, 0.1) is 6.54 Å². The Labute approximate surface area is 110 Å². The van der Waals surface area contributed by atoms with Crippen molar-refractivity contribution in [2.75, 3.05) is 0 Å². The van der Waals surface area contributed by atoms with Gasteiger partial charge in [-0.25, -0.2) is 0 Å². The van der Waals surface area contributed by atoms with Crippen molar-refractivity contribution in [2.45, 2.75) is 71.9 Å². The minimum absolute atomic E-state index is 0.323. The standard InChI is InChI=1S/C14H26N4/c1-10(2)18-12(9-15)16-17-13(18)11-7-5-6-8-14(11,3)4/h10-11H,5-9,15H2,1-4H3. The Balaban J connectivity index is 2.40. The Kier molecular flexibility index (Phi) is 3.76. The van der Waals surface area contributed by atoms with E-state index in [1.807, 2.05) is 0 Å². The summed E-state index contributed by atoms with van der Waals surface area (Å²) in [5.74, 6) is 2.58. The van der Waals surface area contributed by atoms with E-state index in [4.69, 9.17) is 5.73 Å². The summed E-state index contributed by atoms with van der Waals surface area (Å²) >= 11 is 0. The molecule has 1 aliphatic rings. The lowest BCUT2D eigenvalue weighted by Crippen LogP contribution is -2.29. The van der Waals surface area contributed by atoms with Crippen molar-refractivity contribution in [1.82, 2.24) is 14.8 Å². The van der Waals surface area contributed by atoms with Crippen molar-refractivity contribution in [3.63, 3.8) is 0 Å². The molecule has 1 fully saturated rings. The molecule has 0 spiro atoms. The number of aromatic nitrogens is 3. The molecule has 1 saturated carbocycles. The summed E-state index contributed by atoms with van der Waals surface area (Å²) < 4.78 is 2.25. The molecular formula is C14H26N4. The first-order valence-electron chi connectivity index (χ1n) is 7.11. The molecule has 0 amide bonds. The number of hydrogen-bond donors (Lipinski definition) is 1. The SMILES string of the molecule is CC(C)n1c(CN)nnc1C1CCCCC1(C)C. The molecule has 0 aromatic carbocycles. The third-order valence-electron chi connectivity index (χ3n) is 4.31. The highest BCUT2D eigenvalue weighted by Gasteiger charge is 2.37. The van der Waals surface area contributed by atoms with Gasteiger partial charge in [-0.05, 0) is 32.1 Å². The maximum atomic E-state index is 5.78. The second-order valence-electron chi connectivity index (χ2n) is 6.43. The molecule has 102 valence electrons. The van der Waals surface area contributed by atoms with Gasteiger partial charge >= 0.3 is 0 Å². The second-order valence-corrected chi connectivity index (χ2v) is 6.43. The summed E-state index contributed by atoms with van der Waals surface area (Å²) in [6, 6.07) is 0.381. The molecule has 1 atom stereocenters. The van der Waals surface area contributed by atoms with Crippen LogP contribution in [0.2, 0.25) is 0 Å². The molecule has 0 radical (unpaired) electrons. The molecule has 2 N–H and O–H groups in total. The average Bonchev–Trinajstić information content (AvgIpc) is 2.71. The summed E-state index contributed by atoms with van der Waals surface area (Å²) in [5, 5.41) is 8.75. The van der Waals surface area contributed by atoms with Gasteiger partial charge in [0.25, 0.3) is 0 Å². The zero-order chi connectivity index (χ0) is 13.3. The second kappa shape index (κ2) is 5.00. The van der Waals surface area contributed by atoms with Crippen LogP contribution in [0.25, 0.3) is 0 Å². The summed E-state index contributed by atoms with van der Waals surface area (Å²) in [4.78, 5) is 0. The summed E-state index contributed by atoms with van der Waals surface area (Å²) in [5.41, 5.74) is 6.10. The predicted molar refractivity (Wildman–Crippen MR) is 73.3 cm³/mol. The van der Waals surface area contributed by atoms with E-state index in [9.17, 15) is 0 Å². The smallest absolute Gasteiger partial charge is 0.147 e. The van der Waals surface area contributed by atoms with E-state index >= 15 is 0 Å². The number of nitrogens with two attached hydrogens (primary N) is 1. The molecule has 1 aromatic rings. The van der Waals surface area contributed by atoms with Crippen LogP contribution >= 0.6 is 0 Å². The number of rotatable bonds is 3. The van der Waals surface area contributed by atoms with Crippen molar-refractivity contribution in [2.24, 2.45) is 11.1 Å². The first kappa shape index (κ1) is 13.5. The van der Waals surface area contributed by atoms with E-state index in [0.717, 1.165) is 11.6 Å². The van der Waals surface area contributed by atoms with Crippen LogP contribution in [0, 0.1) is 5.41 Å². The fraction of sp³-hybridized carbons (Fsp3) is 0.857. The Morgan fingerprint density at radius 1 is 1.33 bits per heavy atom. The Hall–Kier alpha value is -0.900. The van der Waals surface area contributed by atoms with Gasteiger partial charge < -0.3 is 10.3 Å². The van der Waals surface area contributed by atoms with Gasteiger partial charge in [0.1, 0.15) is 11.6 Å². The van der Waals surface area contributed by atoms with E-state index in [1.165, 1.54) is 25.7 Å². The van der Waals surface area contributed by atoms with Crippen LogP contribution in [0.1, 0.15) is 77.0 Å². The van der Waals surface area contributed by atoms with E-state index in [0.29, 0.717) is 23.9 Å². The lowest BCUT2D eigenvalue weighted by molar-refractivity contribution is 0.186. The topological polar surface area (TPSA) is 56.7 Å². The fourth-order valence-electron chi connectivity index (χ4n) is 3.25. The number of hydrogen-bond acceptors (Lipinski definition) is 3. The van der Waals surface area contributed by atoms with Crippen LogP contribution in [0.4, 0.5) is 0 Å². The zero-order valence-corrected chi connectivity index (χ0v) is 12.1. The lowest BCUT2D eigenvalue weighted by Gasteiger charge is -2.38. The van der Waals surface area contributed by atoms with E-state index in [-0.39, 0.29) is 0 Å². The normalized spacial score (nSPS) is 23.6. The van der Waals surface area contributed by atoms with Gasteiger partial charge in [-0.15, -0.1) is 10.2 Å². The van der Waals surface area contributed by atoms with Crippen molar-refractivity contribution in [3.05, 3.63) is 11.6 Å². The average molecular weight is 250 g/mol. The monoisotopic (exact) mass is 250 g/mol. The van der Waals surface area contributed by atoms with Crippen molar-refractivity contribution < 1.29 is 0 Å². The third kappa shape index (κ3) is 2.30. The highest BCUT2D eigenvalue weighted by Crippen LogP contribution is 2.46. The zero-order valence-electron chi connectivity index (χ0n) is 12.1. The molecule has 0 bridgehead atoms. The van der Waals surface area contributed by atoms with E-state index < -0.39 is 0 Å². The Morgan fingerprint density at radius 2 is 2.06 bits per heavy atom. The lowest BCUT2D eigenvalue weighted by atomic mass is 9.68. The van der Waals surface area contributed by atoms with Crippen LogP contribution in [0.3, 0.4) is 0 Å².